The summed E-state index contributed by atoms with van der Waals surface area (Å²) in [5.41, 5.74) is 2.46. The molecule has 5 heteroatoms. The number of benzene rings is 1. The zero-order chi connectivity index (χ0) is 10.8. The first-order chi connectivity index (χ1) is 7.93. The Labute approximate surface area is 119 Å². The summed E-state index contributed by atoms with van der Waals surface area (Å²) in [6, 6.07) is 12.3. The summed E-state index contributed by atoms with van der Waals surface area (Å²) in [5.74, 6) is 1.01. The lowest BCUT2D eigenvalue weighted by Crippen LogP contribution is -2.33. The Kier molecular flexibility index (Phi) is 5.38. The molecule has 0 saturated heterocycles. The van der Waals surface area contributed by atoms with Gasteiger partial charge in [0.1, 0.15) is 5.76 Å². The van der Waals surface area contributed by atoms with E-state index in [0.29, 0.717) is 0 Å². The largest absolute Gasteiger partial charge is 0.467 e. The number of rotatable bonds is 2. The van der Waals surface area contributed by atoms with Gasteiger partial charge in [0.25, 0.3) is 0 Å². The van der Waals surface area contributed by atoms with E-state index in [0.717, 1.165) is 25.4 Å². The fraction of sp³-hybridized carbons (Fsp3) is 0.231. The lowest BCUT2D eigenvalue weighted by atomic mass is 10.2. The minimum absolute atomic E-state index is 0. The lowest BCUT2D eigenvalue weighted by Gasteiger charge is -2.31. The molecule has 3 rings (SSSR count). The van der Waals surface area contributed by atoms with E-state index in [1.807, 2.05) is 12.1 Å². The molecule has 0 radical (unpaired) electrons. The number of anilines is 2. The van der Waals surface area contributed by atoms with Crippen LogP contribution in [0.25, 0.3) is 0 Å². The summed E-state index contributed by atoms with van der Waals surface area (Å²) in [4.78, 5) is 2.34. The van der Waals surface area contributed by atoms with E-state index in [9.17, 15) is 0 Å². The van der Waals surface area contributed by atoms with Crippen LogP contribution in [-0.2, 0) is 6.54 Å². The predicted octanol–water partition coefficient (Wildman–Crippen LogP) is 3.56. The van der Waals surface area contributed by atoms with Gasteiger partial charge in [-0.15, -0.1) is 24.8 Å². The average Bonchev–Trinajstić information content (AvgIpc) is 2.82. The lowest BCUT2D eigenvalue weighted by molar-refractivity contribution is 0.502. The molecule has 0 aliphatic carbocycles. The molecule has 0 amide bonds. The fourth-order valence-corrected chi connectivity index (χ4v) is 2.10. The number of nitrogens with one attached hydrogen (secondary N) is 1. The van der Waals surface area contributed by atoms with Crippen LogP contribution < -0.4 is 10.2 Å². The number of hydrogen-bond donors (Lipinski definition) is 1. The molecule has 1 aliphatic heterocycles. The molecule has 0 atom stereocenters. The van der Waals surface area contributed by atoms with E-state index in [-0.39, 0.29) is 24.8 Å². The quantitative estimate of drug-likeness (QED) is 0.915. The van der Waals surface area contributed by atoms with Gasteiger partial charge < -0.3 is 14.6 Å². The third kappa shape index (κ3) is 2.92. The van der Waals surface area contributed by atoms with Crippen molar-refractivity contribution in [3.63, 3.8) is 0 Å². The molecule has 1 aromatic heterocycles. The summed E-state index contributed by atoms with van der Waals surface area (Å²) >= 11 is 0. The van der Waals surface area contributed by atoms with Crippen LogP contribution in [0.1, 0.15) is 5.76 Å². The van der Waals surface area contributed by atoms with Gasteiger partial charge in [0.2, 0.25) is 0 Å². The molecular weight excluding hydrogens is 271 g/mol. The number of halogens is 2. The first-order valence-electron chi connectivity index (χ1n) is 5.54. The number of fused-ring (bicyclic) bond motifs is 1. The highest BCUT2D eigenvalue weighted by atomic mass is 35.5. The van der Waals surface area contributed by atoms with Crippen molar-refractivity contribution in [1.82, 2.24) is 0 Å². The molecule has 0 bridgehead atoms. The van der Waals surface area contributed by atoms with Gasteiger partial charge >= 0.3 is 0 Å². The second-order valence-corrected chi connectivity index (χ2v) is 3.94. The van der Waals surface area contributed by atoms with Gasteiger partial charge in [-0.05, 0) is 24.3 Å². The van der Waals surface area contributed by atoms with Crippen molar-refractivity contribution in [2.45, 2.75) is 6.54 Å². The van der Waals surface area contributed by atoms with E-state index in [4.69, 9.17) is 4.42 Å². The van der Waals surface area contributed by atoms with Crippen molar-refractivity contribution in [3.05, 3.63) is 48.4 Å². The second-order valence-electron chi connectivity index (χ2n) is 3.94. The Bertz CT molecular complexity index is 474. The molecule has 2 aromatic rings. The molecule has 0 unspecified atom stereocenters. The van der Waals surface area contributed by atoms with E-state index < -0.39 is 0 Å². The van der Waals surface area contributed by atoms with Crippen molar-refractivity contribution in [1.29, 1.82) is 0 Å². The smallest absolute Gasteiger partial charge is 0.123 e. The normalized spacial score (nSPS) is 12.8. The van der Waals surface area contributed by atoms with Crippen molar-refractivity contribution in [2.24, 2.45) is 0 Å². The molecule has 0 spiro atoms. The fourth-order valence-electron chi connectivity index (χ4n) is 2.10. The molecule has 0 saturated carbocycles. The summed E-state index contributed by atoms with van der Waals surface area (Å²) in [6.07, 6.45) is 1.73. The van der Waals surface area contributed by atoms with Gasteiger partial charge in [0.05, 0.1) is 24.2 Å². The van der Waals surface area contributed by atoms with Crippen LogP contribution in [0.15, 0.2) is 47.1 Å². The van der Waals surface area contributed by atoms with Crippen molar-refractivity contribution >= 4 is 36.2 Å². The zero-order valence-corrected chi connectivity index (χ0v) is 11.5. The molecule has 0 fully saturated rings. The third-order valence-corrected chi connectivity index (χ3v) is 2.87. The first-order valence-corrected chi connectivity index (χ1v) is 5.54. The van der Waals surface area contributed by atoms with Gasteiger partial charge in [0.15, 0.2) is 0 Å². The molecule has 2 heterocycles. The van der Waals surface area contributed by atoms with Crippen LogP contribution in [0.3, 0.4) is 0 Å². The van der Waals surface area contributed by atoms with E-state index in [1.54, 1.807) is 6.26 Å². The Morgan fingerprint density at radius 3 is 2.72 bits per heavy atom. The topological polar surface area (TPSA) is 28.4 Å². The molecule has 18 heavy (non-hydrogen) atoms. The number of para-hydroxylation sites is 2. The molecular formula is C13H16Cl2N2O. The number of furan rings is 1. The SMILES string of the molecule is Cl.Cl.c1coc(CN2CCNc3ccccc32)c1. The molecule has 1 aliphatic rings. The van der Waals surface area contributed by atoms with Crippen molar-refractivity contribution in [2.75, 3.05) is 23.3 Å². The van der Waals surface area contributed by atoms with Crippen LogP contribution >= 0.6 is 24.8 Å². The molecule has 98 valence electrons. The van der Waals surface area contributed by atoms with Crippen LogP contribution in [-0.4, -0.2) is 13.1 Å². The van der Waals surface area contributed by atoms with E-state index in [2.05, 4.69) is 34.5 Å². The van der Waals surface area contributed by atoms with Gasteiger partial charge in [0, 0.05) is 13.1 Å². The number of nitrogens with zero attached hydrogens (tertiary/aromatic N) is 1. The standard InChI is InChI=1S/C13H14N2O.2ClH/c1-2-6-13-12(5-1)14-7-8-15(13)10-11-4-3-9-16-11;;/h1-6,9,14H,7-8,10H2;2*1H. The van der Waals surface area contributed by atoms with Crippen LogP contribution in [0.4, 0.5) is 11.4 Å². The van der Waals surface area contributed by atoms with Crippen LogP contribution in [0.5, 0.6) is 0 Å². The van der Waals surface area contributed by atoms with Crippen molar-refractivity contribution < 1.29 is 4.42 Å². The maximum Gasteiger partial charge on any atom is 0.123 e. The van der Waals surface area contributed by atoms with Gasteiger partial charge in [-0.2, -0.15) is 0 Å². The monoisotopic (exact) mass is 286 g/mol. The summed E-state index contributed by atoms with van der Waals surface area (Å²) in [5, 5.41) is 3.40. The van der Waals surface area contributed by atoms with E-state index >= 15 is 0 Å². The van der Waals surface area contributed by atoms with Gasteiger partial charge in [-0.1, -0.05) is 12.1 Å². The Balaban J connectivity index is 0.000000810. The van der Waals surface area contributed by atoms with Crippen molar-refractivity contribution in [3.8, 4) is 0 Å². The summed E-state index contributed by atoms with van der Waals surface area (Å²) in [7, 11) is 0. The van der Waals surface area contributed by atoms with E-state index in [1.165, 1.54) is 11.4 Å². The van der Waals surface area contributed by atoms with Crippen LogP contribution in [0.2, 0.25) is 0 Å². The molecule has 1 N–H and O–H groups in total. The molecule has 1 aromatic carbocycles. The highest BCUT2D eigenvalue weighted by Gasteiger charge is 2.16. The highest BCUT2D eigenvalue weighted by molar-refractivity contribution is 5.85. The minimum Gasteiger partial charge on any atom is -0.467 e. The Morgan fingerprint density at radius 1 is 1.11 bits per heavy atom. The summed E-state index contributed by atoms with van der Waals surface area (Å²) < 4.78 is 5.39. The van der Waals surface area contributed by atoms with Gasteiger partial charge in [-0.3, -0.25) is 0 Å². The average molecular weight is 287 g/mol. The maximum absolute atomic E-state index is 5.39. The maximum atomic E-state index is 5.39. The third-order valence-electron chi connectivity index (χ3n) is 2.87. The molecule has 3 nitrogen and oxygen atoms in total. The minimum atomic E-state index is 0. The highest BCUT2D eigenvalue weighted by Crippen LogP contribution is 2.29. The van der Waals surface area contributed by atoms with Crippen LogP contribution in [0, 0.1) is 0 Å². The van der Waals surface area contributed by atoms with Gasteiger partial charge in [-0.25, -0.2) is 0 Å². The Hall–Kier alpha value is -1.32. The predicted molar refractivity (Wildman–Crippen MR) is 79.2 cm³/mol. The summed E-state index contributed by atoms with van der Waals surface area (Å²) in [6.45, 7) is 2.83. The number of hydrogen-bond acceptors (Lipinski definition) is 3. The zero-order valence-electron chi connectivity index (χ0n) is 9.83. The first kappa shape index (κ1) is 14.7. The Morgan fingerprint density at radius 2 is 1.94 bits per heavy atom. The second kappa shape index (κ2) is 6.57.